The second kappa shape index (κ2) is 8.15. The van der Waals surface area contributed by atoms with Crippen LogP contribution >= 0.6 is 0 Å². The van der Waals surface area contributed by atoms with E-state index in [-0.39, 0.29) is 30.9 Å². The molecule has 1 amide bonds. The van der Waals surface area contributed by atoms with E-state index in [1.165, 1.54) is 6.08 Å². The summed E-state index contributed by atoms with van der Waals surface area (Å²) in [7, 11) is 0. The summed E-state index contributed by atoms with van der Waals surface area (Å²) >= 11 is 0. The number of benzene rings is 1. The van der Waals surface area contributed by atoms with Crippen molar-refractivity contribution in [1.82, 2.24) is 5.32 Å². The highest BCUT2D eigenvalue weighted by atomic mass is 16.5. The molecular formula is C16H21NO3. The van der Waals surface area contributed by atoms with Gasteiger partial charge in [-0.3, -0.25) is 9.59 Å². The third-order valence-corrected chi connectivity index (χ3v) is 2.46. The zero-order chi connectivity index (χ0) is 15.0. The fourth-order valence-corrected chi connectivity index (χ4v) is 1.61. The zero-order valence-corrected chi connectivity index (χ0v) is 12.2. The lowest BCUT2D eigenvalue weighted by Crippen LogP contribution is -2.25. The van der Waals surface area contributed by atoms with Gasteiger partial charge >= 0.3 is 5.97 Å². The summed E-state index contributed by atoms with van der Waals surface area (Å²) in [6.45, 7) is 5.86. The number of aryl methyl sites for hydroxylation is 1. The van der Waals surface area contributed by atoms with Gasteiger partial charge in [0.1, 0.15) is 0 Å². The quantitative estimate of drug-likeness (QED) is 0.641. The highest BCUT2D eigenvalue weighted by molar-refractivity contribution is 5.91. The maximum absolute atomic E-state index is 11.6. The Morgan fingerprint density at radius 3 is 2.75 bits per heavy atom. The predicted molar refractivity (Wildman–Crippen MR) is 79.1 cm³/mol. The van der Waals surface area contributed by atoms with E-state index in [0.29, 0.717) is 0 Å². The number of nitrogens with one attached hydrogen (secondary N) is 1. The number of amides is 1. The second-order valence-corrected chi connectivity index (χ2v) is 4.83. The zero-order valence-electron chi connectivity index (χ0n) is 12.2. The van der Waals surface area contributed by atoms with Gasteiger partial charge in [-0.05, 0) is 32.4 Å². The fourth-order valence-electron chi connectivity index (χ4n) is 1.61. The molecule has 0 aliphatic rings. The lowest BCUT2D eigenvalue weighted by atomic mass is 10.1. The highest BCUT2D eigenvalue weighted by Crippen LogP contribution is 2.05. The molecule has 0 saturated carbocycles. The van der Waals surface area contributed by atoms with Crippen LogP contribution in [0.4, 0.5) is 0 Å². The van der Waals surface area contributed by atoms with Gasteiger partial charge in [-0.15, -0.1) is 0 Å². The molecule has 1 rings (SSSR count). The molecule has 0 atom stereocenters. The summed E-state index contributed by atoms with van der Waals surface area (Å²) in [5, 5.41) is 2.65. The molecule has 20 heavy (non-hydrogen) atoms. The maximum atomic E-state index is 11.6. The van der Waals surface area contributed by atoms with Crippen LogP contribution in [0.5, 0.6) is 0 Å². The second-order valence-electron chi connectivity index (χ2n) is 4.83. The van der Waals surface area contributed by atoms with Crippen LogP contribution in [0.25, 0.3) is 6.08 Å². The van der Waals surface area contributed by atoms with Gasteiger partial charge in [-0.1, -0.05) is 29.8 Å². The fraction of sp³-hybridized carbons (Fsp3) is 0.375. The van der Waals surface area contributed by atoms with E-state index in [1.54, 1.807) is 19.9 Å². The van der Waals surface area contributed by atoms with Crippen molar-refractivity contribution in [2.24, 2.45) is 0 Å². The summed E-state index contributed by atoms with van der Waals surface area (Å²) in [5.74, 6) is -0.521. The normalized spacial score (nSPS) is 10.8. The molecule has 0 aromatic heterocycles. The van der Waals surface area contributed by atoms with Crippen molar-refractivity contribution >= 4 is 18.0 Å². The molecule has 0 aliphatic carbocycles. The third kappa shape index (κ3) is 6.73. The minimum Gasteiger partial charge on any atom is -0.463 e. The number of esters is 1. The number of carbonyl (C=O) groups excluding carboxylic acids is 2. The summed E-state index contributed by atoms with van der Waals surface area (Å²) in [4.78, 5) is 22.8. The molecule has 0 fully saturated rings. The Morgan fingerprint density at radius 1 is 1.35 bits per heavy atom. The molecule has 4 nitrogen and oxygen atoms in total. The minimum absolute atomic E-state index is 0.126. The van der Waals surface area contributed by atoms with Gasteiger partial charge in [0.2, 0.25) is 5.91 Å². The molecule has 0 unspecified atom stereocenters. The van der Waals surface area contributed by atoms with Gasteiger partial charge in [0.25, 0.3) is 0 Å². The average Bonchev–Trinajstić information content (AvgIpc) is 2.35. The van der Waals surface area contributed by atoms with Crippen molar-refractivity contribution in [1.29, 1.82) is 0 Å². The van der Waals surface area contributed by atoms with Crippen molar-refractivity contribution in [3.8, 4) is 0 Å². The molecule has 0 saturated heterocycles. The van der Waals surface area contributed by atoms with Crippen molar-refractivity contribution in [2.75, 3.05) is 6.54 Å². The first-order valence-corrected chi connectivity index (χ1v) is 6.69. The lowest BCUT2D eigenvalue weighted by Gasteiger charge is -2.07. The van der Waals surface area contributed by atoms with E-state index in [9.17, 15) is 9.59 Å². The van der Waals surface area contributed by atoms with Crippen molar-refractivity contribution in [2.45, 2.75) is 33.3 Å². The molecule has 1 aromatic rings. The molecule has 0 radical (unpaired) electrons. The summed E-state index contributed by atoms with van der Waals surface area (Å²) in [5.41, 5.74) is 2.11. The Balaban J connectivity index is 2.32. The van der Waals surface area contributed by atoms with Crippen molar-refractivity contribution in [3.63, 3.8) is 0 Å². The highest BCUT2D eigenvalue weighted by Gasteiger charge is 2.05. The monoisotopic (exact) mass is 275 g/mol. The predicted octanol–water partition coefficient (Wildman–Crippen LogP) is 2.47. The summed E-state index contributed by atoms with van der Waals surface area (Å²) in [6, 6.07) is 7.85. The first kappa shape index (κ1) is 16.0. The molecule has 0 spiro atoms. The molecule has 0 heterocycles. The summed E-state index contributed by atoms with van der Waals surface area (Å²) < 4.78 is 4.97. The topological polar surface area (TPSA) is 55.4 Å². The first-order chi connectivity index (χ1) is 9.47. The Labute approximate surface area is 119 Å². The molecule has 1 aromatic carbocycles. The van der Waals surface area contributed by atoms with Gasteiger partial charge < -0.3 is 10.1 Å². The van der Waals surface area contributed by atoms with Crippen molar-refractivity contribution < 1.29 is 14.3 Å². The van der Waals surface area contributed by atoms with Crippen LogP contribution in [0.15, 0.2) is 30.3 Å². The van der Waals surface area contributed by atoms with Crippen molar-refractivity contribution in [3.05, 3.63) is 41.5 Å². The smallest absolute Gasteiger partial charge is 0.307 e. The van der Waals surface area contributed by atoms with E-state index < -0.39 is 0 Å². The van der Waals surface area contributed by atoms with E-state index >= 15 is 0 Å². The molecule has 0 bridgehead atoms. The Morgan fingerprint density at radius 2 is 2.10 bits per heavy atom. The Bertz CT molecular complexity index is 492. The van der Waals surface area contributed by atoms with Crippen LogP contribution in [0.2, 0.25) is 0 Å². The maximum Gasteiger partial charge on any atom is 0.307 e. The van der Waals surface area contributed by atoms with E-state index in [0.717, 1.165) is 11.1 Å². The SMILES string of the molecule is Cc1cccc(/C=C/C(=O)NCCC(=O)OC(C)C)c1. The largest absolute Gasteiger partial charge is 0.463 e. The molecule has 1 N–H and O–H groups in total. The lowest BCUT2D eigenvalue weighted by molar-refractivity contribution is -0.147. The van der Waals surface area contributed by atoms with Crippen LogP contribution in [0.3, 0.4) is 0 Å². The van der Waals surface area contributed by atoms with Gasteiger partial charge in [0.05, 0.1) is 12.5 Å². The Kier molecular flexibility index (Phi) is 6.50. The standard InChI is InChI=1S/C16H21NO3/c1-12(2)20-16(19)9-10-17-15(18)8-7-14-6-4-5-13(3)11-14/h4-8,11-12H,9-10H2,1-3H3,(H,17,18)/b8-7+. The van der Waals surface area contributed by atoms with E-state index in [2.05, 4.69) is 5.32 Å². The number of hydrogen-bond acceptors (Lipinski definition) is 3. The van der Waals surface area contributed by atoms with Gasteiger partial charge in [0.15, 0.2) is 0 Å². The van der Waals surface area contributed by atoms with Crippen LogP contribution < -0.4 is 5.32 Å². The number of hydrogen-bond donors (Lipinski definition) is 1. The van der Waals surface area contributed by atoms with Gasteiger partial charge in [-0.25, -0.2) is 0 Å². The van der Waals surface area contributed by atoms with E-state index in [1.807, 2.05) is 31.2 Å². The Hall–Kier alpha value is -2.10. The van der Waals surface area contributed by atoms with Crippen LogP contribution in [0.1, 0.15) is 31.4 Å². The molecule has 0 aliphatic heterocycles. The molecular weight excluding hydrogens is 254 g/mol. The van der Waals surface area contributed by atoms with E-state index in [4.69, 9.17) is 4.74 Å². The van der Waals surface area contributed by atoms with Gasteiger partial charge in [-0.2, -0.15) is 0 Å². The molecule has 108 valence electrons. The van der Waals surface area contributed by atoms with Crippen LogP contribution in [0, 0.1) is 6.92 Å². The summed E-state index contributed by atoms with van der Waals surface area (Å²) in [6.07, 6.45) is 3.26. The van der Waals surface area contributed by atoms with Crippen LogP contribution in [-0.4, -0.2) is 24.5 Å². The number of carbonyl (C=O) groups is 2. The number of rotatable bonds is 6. The minimum atomic E-state index is -0.303. The first-order valence-electron chi connectivity index (χ1n) is 6.69. The third-order valence-electron chi connectivity index (χ3n) is 2.46. The van der Waals surface area contributed by atoms with Gasteiger partial charge in [0, 0.05) is 12.6 Å². The van der Waals surface area contributed by atoms with Crippen LogP contribution in [-0.2, 0) is 14.3 Å². The number of ether oxygens (including phenoxy) is 1. The average molecular weight is 275 g/mol. The molecule has 4 heteroatoms.